The van der Waals surface area contributed by atoms with E-state index in [1.807, 2.05) is 39.2 Å². The summed E-state index contributed by atoms with van der Waals surface area (Å²) in [4.78, 5) is 17.9. The van der Waals surface area contributed by atoms with Gasteiger partial charge in [0.05, 0.1) is 12.1 Å². The lowest BCUT2D eigenvalue weighted by atomic mass is 10.0. The number of hydrogen-bond acceptors (Lipinski definition) is 4. The van der Waals surface area contributed by atoms with Crippen molar-refractivity contribution < 1.29 is 14.3 Å². The highest BCUT2D eigenvalue weighted by molar-refractivity contribution is 6.14. The number of likely N-dealkylation sites (N-methyl/N-ethyl adjacent to an activating group) is 1. The zero-order valence-corrected chi connectivity index (χ0v) is 19.0. The van der Waals surface area contributed by atoms with Crippen LogP contribution in [0.1, 0.15) is 26.3 Å². The van der Waals surface area contributed by atoms with E-state index in [0.717, 1.165) is 22.0 Å². The van der Waals surface area contributed by atoms with Gasteiger partial charge in [0.15, 0.2) is 0 Å². The monoisotopic (exact) mass is 419 g/mol. The quantitative estimate of drug-likeness (QED) is 0.442. The van der Waals surface area contributed by atoms with E-state index in [-0.39, 0.29) is 6.09 Å². The lowest BCUT2D eigenvalue weighted by Gasteiger charge is -2.24. The number of hydrogen-bond donors (Lipinski definition) is 0. The van der Waals surface area contributed by atoms with Crippen LogP contribution in [0, 0.1) is 6.92 Å². The number of ether oxygens (including phenoxy) is 2. The van der Waals surface area contributed by atoms with Gasteiger partial charge in [-0.3, -0.25) is 4.98 Å². The summed E-state index contributed by atoms with van der Waals surface area (Å²) in [6.45, 7) is 8.56. The number of aromatic nitrogens is 2. The molecule has 0 unspecified atom stereocenters. The summed E-state index contributed by atoms with van der Waals surface area (Å²) in [5.74, 6) is 0.779. The molecule has 0 fully saturated rings. The molecule has 0 aliphatic carbocycles. The molecule has 1 amide bonds. The van der Waals surface area contributed by atoms with Gasteiger partial charge >= 0.3 is 6.09 Å². The minimum absolute atomic E-state index is 0.350. The SMILES string of the molecule is Cc1c2ccncc2cc2c3cc(OCCN(C)C(=O)OC(C)(C)C)ccc3n(C)c12. The molecule has 162 valence electrons. The molecule has 0 atom stereocenters. The van der Waals surface area contributed by atoms with E-state index in [9.17, 15) is 4.79 Å². The fraction of sp³-hybridized carbons (Fsp3) is 0.360. The zero-order valence-electron chi connectivity index (χ0n) is 19.0. The maximum absolute atomic E-state index is 12.1. The van der Waals surface area contributed by atoms with Crippen molar-refractivity contribution in [3.05, 3.63) is 48.3 Å². The number of amides is 1. The number of rotatable bonds is 4. The van der Waals surface area contributed by atoms with Crippen molar-refractivity contribution in [1.29, 1.82) is 0 Å². The third-order valence-corrected chi connectivity index (χ3v) is 5.52. The molecule has 4 aromatic rings. The molecule has 6 nitrogen and oxygen atoms in total. The van der Waals surface area contributed by atoms with E-state index in [2.05, 4.69) is 47.8 Å². The summed E-state index contributed by atoms with van der Waals surface area (Å²) in [7, 11) is 3.81. The predicted molar refractivity (Wildman–Crippen MR) is 125 cm³/mol. The first-order chi connectivity index (χ1) is 14.7. The van der Waals surface area contributed by atoms with Crippen LogP contribution in [0.4, 0.5) is 4.79 Å². The summed E-state index contributed by atoms with van der Waals surface area (Å²) >= 11 is 0. The summed E-state index contributed by atoms with van der Waals surface area (Å²) in [5, 5.41) is 4.68. The lowest BCUT2D eigenvalue weighted by molar-refractivity contribution is 0.0278. The molecule has 0 bridgehead atoms. The van der Waals surface area contributed by atoms with E-state index in [1.165, 1.54) is 26.8 Å². The van der Waals surface area contributed by atoms with E-state index in [1.54, 1.807) is 7.05 Å². The van der Waals surface area contributed by atoms with Crippen molar-refractivity contribution in [2.24, 2.45) is 7.05 Å². The fourth-order valence-corrected chi connectivity index (χ4v) is 4.02. The minimum atomic E-state index is -0.510. The Labute approximate surface area is 182 Å². The number of fused-ring (bicyclic) bond motifs is 4. The second kappa shape index (κ2) is 7.76. The van der Waals surface area contributed by atoms with Gasteiger partial charge in [-0.15, -0.1) is 0 Å². The first-order valence-electron chi connectivity index (χ1n) is 10.5. The Hall–Kier alpha value is -3.28. The average molecular weight is 420 g/mol. The number of nitrogens with zero attached hydrogens (tertiary/aromatic N) is 3. The second-order valence-electron chi connectivity index (χ2n) is 8.98. The zero-order chi connectivity index (χ0) is 22.3. The molecule has 6 heteroatoms. The molecule has 0 aliphatic rings. The smallest absolute Gasteiger partial charge is 0.410 e. The number of carbonyl (C=O) groups excluding carboxylic acids is 1. The molecule has 0 radical (unpaired) electrons. The third kappa shape index (κ3) is 4.02. The van der Waals surface area contributed by atoms with Gasteiger partial charge in [-0.2, -0.15) is 0 Å². The van der Waals surface area contributed by atoms with Gasteiger partial charge in [-0.05, 0) is 69.0 Å². The summed E-state index contributed by atoms with van der Waals surface area (Å²) in [6, 6.07) is 10.4. The topological polar surface area (TPSA) is 56.6 Å². The van der Waals surface area contributed by atoms with Crippen molar-refractivity contribution in [1.82, 2.24) is 14.5 Å². The highest BCUT2D eigenvalue weighted by atomic mass is 16.6. The van der Waals surface area contributed by atoms with Gasteiger partial charge < -0.3 is 18.9 Å². The molecule has 0 saturated heterocycles. The van der Waals surface area contributed by atoms with Crippen LogP contribution in [-0.4, -0.2) is 46.3 Å². The largest absolute Gasteiger partial charge is 0.492 e. The van der Waals surface area contributed by atoms with Crippen LogP contribution in [0.15, 0.2) is 42.7 Å². The standard InChI is InChI=1S/C25H29N3O3/c1-16-19-9-10-26-15-17(19)13-21-20-14-18(7-8-22(20)28(6)23(16)21)30-12-11-27(5)24(29)31-25(2,3)4/h7-10,13-15H,11-12H2,1-6H3. The molecule has 4 rings (SSSR count). The Morgan fingerprint density at radius 3 is 2.65 bits per heavy atom. The van der Waals surface area contributed by atoms with Crippen LogP contribution < -0.4 is 4.74 Å². The van der Waals surface area contributed by atoms with E-state index >= 15 is 0 Å². The Balaban J connectivity index is 1.59. The number of benzene rings is 2. The highest BCUT2D eigenvalue weighted by Crippen LogP contribution is 2.36. The lowest BCUT2D eigenvalue weighted by Crippen LogP contribution is -2.36. The number of aryl methyl sites for hydroxylation is 2. The molecule has 31 heavy (non-hydrogen) atoms. The van der Waals surface area contributed by atoms with Crippen molar-refractivity contribution in [3.63, 3.8) is 0 Å². The van der Waals surface area contributed by atoms with E-state index in [4.69, 9.17) is 9.47 Å². The van der Waals surface area contributed by atoms with E-state index in [0.29, 0.717) is 13.2 Å². The maximum atomic E-state index is 12.1. The van der Waals surface area contributed by atoms with Crippen LogP contribution in [0.5, 0.6) is 5.75 Å². The minimum Gasteiger partial charge on any atom is -0.492 e. The van der Waals surface area contributed by atoms with Crippen molar-refractivity contribution >= 4 is 38.7 Å². The third-order valence-electron chi connectivity index (χ3n) is 5.52. The summed E-state index contributed by atoms with van der Waals surface area (Å²) in [5.41, 5.74) is 3.11. The molecule has 2 aromatic heterocycles. The van der Waals surface area contributed by atoms with E-state index < -0.39 is 5.60 Å². The van der Waals surface area contributed by atoms with Crippen molar-refractivity contribution in [2.75, 3.05) is 20.2 Å². The van der Waals surface area contributed by atoms with Gasteiger partial charge in [0.2, 0.25) is 0 Å². The van der Waals surface area contributed by atoms with Crippen molar-refractivity contribution in [3.8, 4) is 5.75 Å². The Morgan fingerprint density at radius 2 is 1.90 bits per heavy atom. The fourth-order valence-electron chi connectivity index (χ4n) is 4.02. The van der Waals surface area contributed by atoms with Gasteiger partial charge in [-0.25, -0.2) is 4.79 Å². The highest BCUT2D eigenvalue weighted by Gasteiger charge is 2.19. The number of pyridine rings is 1. The second-order valence-corrected chi connectivity index (χ2v) is 8.98. The molecule has 0 N–H and O–H groups in total. The molecular weight excluding hydrogens is 390 g/mol. The maximum Gasteiger partial charge on any atom is 0.410 e. The van der Waals surface area contributed by atoms with Crippen LogP contribution in [0.2, 0.25) is 0 Å². The molecule has 2 heterocycles. The first-order valence-corrected chi connectivity index (χ1v) is 10.5. The Morgan fingerprint density at radius 1 is 1.13 bits per heavy atom. The molecule has 0 aliphatic heterocycles. The van der Waals surface area contributed by atoms with Crippen LogP contribution in [-0.2, 0) is 11.8 Å². The predicted octanol–water partition coefficient (Wildman–Crippen LogP) is 5.43. The van der Waals surface area contributed by atoms with Crippen LogP contribution in [0.25, 0.3) is 32.6 Å². The summed E-state index contributed by atoms with van der Waals surface area (Å²) in [6.07, 6.45) is 3.40. The van der Waals surface area contributed by atoms with Gasteiger partial charge in [-0.1, -0.05) is 0 Å². The number of carbonyl (C=O) groups is 1. The molecule has 0 saturated carbocycles. The normalized spacial score (nSPS) is 11.9. The van der Waals surface area contributed by atoms with Gasteiger partial charge in [0, 0.05) is 48.2 Å². The Bertz CT molecular complexity index is 1280. The van der Waals surface area contributed by atoms with Crippen LogP contribution >= 0.6 is 0 Å². The summed E-state index contributed by atoms with van der Waals surface area (Å²) < 4.78 is 13.6. The molecular formula is C25H29N3O3. The van der Waals surface area contributed by atoms with Crippen molar-refractivity contribution in [2.45, 2.75) is 33.3 Å². The first kappa shape index (κ1) is 21.0. The van der Waals surface area contributed by atoms with Crippen LogP contribution in [0.3, 0.4) is 0 Å². The molecule has 2 aromatic carbocycles. The van der Waals surface area contributed by atoms with Gasteiger partial charge in [0.25, 0.3) is 0 Å². The molecule has 0 spiro atoms. The average Bonchev–Trinajstić information content (AvgIpc) is 2.99. The van der Waals surface area contributed by atoms with Gasteiger partial charge in [0.1, 0.15) is 18.0 Å². The Kier molecular flexibility index (Phi) is 5.25.